The Morgan fingerprint density at radius 2 is 1.38 bits per heavy atom. The lowest BCUT2D eigenvalue weighted by atomic mass is 9.83. The summed E-state index contributed by atoms with van der Waals surface area (Å²) in [5.41, 5.74) is 3.32. The summed E-state index contributed by atoms with van der Waals surface area (Å²) in [6.45, 7) is 4.62. The Labute approximate surface area is 155 Å². The third-order valence-corrected chi connectivity index (χ3v) is 7.22. The van der Waals surface area contributed by atoms with Crippen LogP contribution in [0.2, 0.25) is 0 Å². The number of benzene rings is 1. The third kappa shape index (κ3) is 5.83. The van der Waals surface area contributed by atoms with Gasteiger partial charge in [0.25, 0.3) is 0 Å². The van der Waals surface area contributed by atoms with Gasteiger partial charge in [-0.15, -0.1) is 0 Å². The Hall–Kier alpha value is -0.430. The largest absolute Gasteiger partial charge is 0.150 e. The van der Waals surface area contributed by atoms with Crippen molar-refractivity contribution in [1.82, 2.24) is 0 Å². The first-order chi connectivity index (χ1) is 11.8. The molecule has 0 nitrogen and oxygen atoms in total. The number of hydrogen-bond acceptors (Lipinski definition) is 1. The summed E-state index contributed by atoms with van der Waals surface area (Å²) in [6, 6.07) is 9.34. The lowest BCUT2D eigenvalue weighted by molar-refractivity contribution is 0.451. The number of thioether (sulfide) groups is 1. The van der Waals surface area contributed by atoms with E-state index in [9.17, 15) is 0 Å². The van der Waals surface area contributed by atoms with Crippen LogP contribution in [0.5, 0.6) is 0 Å². The second kappa shape index (κ2) is 11.2. The minimum Gasteiger partial charge on any atom is -0.150 e. The fourth-order valence-corrected chi connectivity index (χ4v) is 5.83. The summed E-state index contributed by atoms with van der Waals surface area (Å²) in [5, 5.41) is 0. The van der Waals surface area contributed by atoms with Gasteiger partial charge in [0, 0.05) is 4.75 Å². The van der Waals surface area contributed by atoms with Crippen molar-refractivity contribution in [3.8, 4) is 0 Å². The summed E-state index contributed by atoms with van der Waals surface area (Å²) in [7, 11) is 0. The number of rotatable bonds is 12. The molecule has 1 aromatic carbocycles. The molecule has 0 aromatic heterocycles. The van der Waals surface area contributed by atoms with Crippen LogP contribution in [0.25, 0.3) is 0 Å². The lowest BCUT2D eigenvalue weighted by Gasteiger charge is -2.39. The SMILES string of the molecule is CCCCCCCCC1(CCCCCC)SCCc2ccccc21. The number of aryl methyl sites for hydroxylation is 1. The average molecular weight is 347 g/mol. The van der Waals surface area contributed by atoms with E-state index in [2.05, 4.69) is 49.9 Å². The van der Waals surface area contributed by atoms with Crippen LogP contribution in [0, 0.1) is 0 Å². The highest BCUT2D eigenvalue weighted by Crippen LogP contribution is 2.49. The van der Waals surface area contributed by atoms with Crippen LogP contribution >= 0.6 is 11.8 Å². The Morgan fingerprint density at radius 1 is 0.792 bits per heavy atom. The fourth-order valence-electron chi connectivity index (χ4n) is 4.18. The number of hydrogen-bond donors (Lipinski definition) is 0. The van der Waals surface area contributed by atoms with E-state index >= 15 is 0 Å². The standard InChI is InChI=1S/C23H38S/c1-3-5-7-9-10-14-19-23(18-13-8-6-4-2)22-16-12-11-15-21(22)17-20-24-23/h11-12,15-16H,3-10,13-14,17-20H2,1-2H3. The van der Waals surface area contributed by atoms with E-state index in [4.69, 9.17) is 0 Å². The van der Waals surface area contributed by atoms with Crippen LogP contribution in [0.3, 0.4) is 0 Å². The Kier molecular flexibility index (Phi) is 9.31. The molecule has 0 N–H and O–H groups in total. The van der Waals surface area contributed by atoms with Crippen LogP contribution in [0.15, 0.2) is 24.3 Å². The van der Waals surface area contributed by atoms with Gasteiger partial charge in [-0.25, -0.2) is 0 Å². The molecule has 2 rings (SSSR count). The molecule has 0 radical (unpaired) electrons. The summed E-state index contributed by atoms with van der Waals surface area (Å²) in [4.78, 5) is 0. The van der Waals surface area contributed by atoms with Crippen molar-refractivity contribution in [2.75, 3.05) is 5.75 Å². The molecule has 0 fully saturated rings. The van der Waals surface area contributed by atoms with Gasteiger partial charge in [-0.3, -0.25) is 0 Å². The first kappa shape index (κ1) is 19.9. The summed E-state index contributed by atoms with van der Waals surface area (Å²) in [6.07, 6.45) is 18.1. The van der Waals surface area contributed by atoms with E-state index in [0.29, 0.717) is 4.75 Å². The lowest BCUT2D eigenvalue weighted by Crippen LogP contribution is -2.28. The molecule has 0 saturated heterocycles. The predicted molar refractivity (Wildman–Crippen MR) is 111 cm³/mol. The first-order valence-electron chi connectivity index (χ1n) is 10.5. The molecule has 1 heteroatoms. The molecule has 0 saturated carbocycles. The maximum absolute atomic E-state index is 2.44. The van der Waals surface area contributed by atoms with Crippen molar-refractivity contribution in [2.45, 2.75) is 102 Å². The quantitative estimate of drug-likeness (QED) is 0.347. The van der Waals surface area contributed by atoms with Gasteiger partial charge in [0.2, 0.25) is 0 Å². The summed E-state index contributed by atoms with van der Waals surface area (Å²) in [5.74, 6) is 1.32. The minimum absolute atomic E-state index is 0.424. The smallest absolute Gasteiger partial charge is 0.0411 e. The van der Waals surface area contributed by atoms with Gasteiger partial charge in [0.1, 0.15) is 0 Å². The van der Waals surface area contributed by atoms with E-state index in [0.717, 1.165) is 0 Å². The normalized spacial score (nSPS) is 20.1. The van der Waals surface area contributed by atoms with E-state index in [1.165, 1.54) is 89.2 Å². The predicted octanol–water partition coefficient (Wildman–Crippen LogP) is 7.89. The summed E-state index contributed by atoms with van der Waals surface area (Å²) < 4.78 is 0.424. The van der Waals surface area contributed by atoms with Crippen LogP contribution in [-0.4, -0.2) is 5.75 Å². The zero-order valence-electron chi connectivity index (χ0n) is 16.1. The second-order valence-electron chi connectivity index (χ2n) is 7.58. The summed E-state index contributed by atoms with van der Waals surface area (Å²) >= 11 is 2.28. The van der Waals surface area contributed by atoms with Crippen LogP contribution in [0.4, 0.5) is 0 Å². The van der Waals surface area contributed by atoms with Gasteiger partial charge in [-0.1, -0.05) is 102 Å². The van der Waals surface area contributed by atoms with E-state index in [1.807, 2.05) is 0 Å². The molecule has 0 aliphatic carbocycles. The molecule has 1 heterocycles. The topological polar surface area (TPSA) is 0 Å². The van der Waals surface area contributed by atoms with Gasteiger partial charge in [-0.05, 0) is 36.1 Å². The maximum atomic E-state index is 2.44. The fraction of sp³-hybridized carbons (Fsp3) is 0.739. The molecule has 1 aliphatic rings. The molecular formula is C23H38S. The maximum Gasteiger partial charge on any atom is 0.0411 e. The van der Waals surface area contributed by atoms with Crippen LogP contribution in [0.1, 0.15) is 102 Å². The van der Waals surface area contributed by atoms with Gasteiger partial charge >= 0.3 is 0 Å². The molecule has 0 bridgehead atoms. The van der Waals surface area contributed by atoms with Crippen molar-refractivity contribution in [3.05, 3.63) is 35.4 Å². The zero-order chi connectivity index (χ0) is 17.1. The molecule has 1 aromatic rings. The zero-order valence-corrected chi connectivity index (χ0v) is 16.9. The first-order valence-corrected chi connectivity index (χ1v) is 11.5. The highest BCUT2D eigenvalue weighted by molar-refractivity contribution is 8.00. The van der Waals surface area contributed by atoms with Crippen LogP contribution in [-0.2, 0) is 11.2 Å². The van der Waals surface area contributed by atoms with E-state index < -0.39 is 0 Å². The molecular weight excluding hydrogens is 308 g/mol. The van der Waals surface area contributed by atoms with Gasteiger partial charge in [0.15, 0.2) is 0 Å². The molecule has 0 spiro atoms. The van der Waals surface area contributed by atoms with Crippen molar-refractivity contribution in [3.63, 3.8) is 0 Å². The molecule has 136 valence electrons. The Balaban J connectivity index is 1.97. The van der Waals surface area contributed by atoms with E-state index in [1.54, 1.807) is 11.1 Å². The molecule has 1 unspecified atom stereocenters. The number of unbranched alkanes of at least 4 members (excludes halogenated alkanes) is 8. The van der Waals surface area contributed by atoms with Crippen molar-refractivity contribution >= 4 is 11.8 Å². The third-order valence-electron chi connectivity index (χ3n) is 5.63. The van der Waals surface area contributed by atoms with Gasteiger partial charge in [0.05, 0.1) is 0 Å². The molecule has 1 atom stereocenters. The van der Waals surface area contributed by atoms with Crippen molar-refractivity contribution in [2.24, 2.45) is 0 Å². The molecule has 0 amide bonds. The van der Waals surface area contributed by atoms with Crippen molar-refractivity contribution in [1.29, 1.82) is 0 Å². The highest BCUT2D eigenvalue weighted by atomic mass is 32.2. The van der Waals surface area contributed by atoms with Crippen LogP contribution < -0.4 is 0 Å². The average Bonchev–Trinajstić information content (AvgIpc) is 2.62. The number of fused-ring (bicyclic) bond motifs is 1. The van der Waals surface area contributed by atoms with Crippen molar-refractivity contribution < 1.29 is 0 Å². The second-order valence-corrected chi connectivity index (χ2v) is 9.06. The van der Waals surface area contributed by atoms with Gasteiger partial charge < -0.3 is 0 Å². The minimum atomic E-state index is 0.424. The Morgan fingerprint density at radius 3 is 2.08 bits per heavy atom. The van der Waals surface area contributed by atoms with E-state index in [-0.39, 0.29) is 0 Å². The van der Waals surface area contributed by atoms with Gasteiger partial charge in [-0.2, -0.15) is 11.8 Å². The monoisotopic (exact) mass is 346 g/mol. The molecule has 1 aliphatic heterocycles. The Bertz CT molecular complexity index is 453. The highest BCUT2D eigenvalue weighted by Gasteiger charge is 2.35. The molecule has 24 heavy (non-hydrogen) atoms.